The summed E-state index contributed by atoms with van der Waals surface area (Å²) in [4.78, 5) is 2.46. The summed E-state index contributed by atoms with van der Waals surface area (Å²) in [5, 5.41) is 13.5. The zero-order chi connectivity index (χ0) is 12.6. The molecule has 3 aliphatic heterocycles. The molecular weight excluding hydrogens is 292 g/mol. The van der Waals surface area contributed by atoms with E-state index in [4.69, 9.17) is 0 Å². The van der Waals surface area contributed by atoms with E-state index < -0.39 is 0 Å². The van der Waals surface area contributed by atoms with Crippen molar-refractivity contribution in [1.29, 1.82) is 0 Å². The van der Waals surface area contributed by atoms with Crippen LogP contribution in [0.3, 0.4) is 0 Å². The molecule has 4 heteroatoms. The van der Waals surface area contributed by atoms with Crippen LogP contribution in [0.15, 0.2) is 28.7 Å². The standard InChI is InChI=1S/C14H19BrN2O/c15-12-1-3-13(4-2-12)16-14(10-18)9-17-7-5-11(14)6-8-17/h1-4,11,16,18H,5-10H2. The molecule has 4 rings (SSSR count). The molecular formula is C14H19BrN2O. The molecule has 0 spiro atoms. The Morgan fingerprint density at radius 2 is 1.94 bits per heavy atom. The smallest absolute Gasteiger partial charge is 0.0759 e. The molecule has 0 aliphatic carbocycles. The van der Waals surface area contributed by atoms with Gasteiger partial charge in [0.25, 0.3) is 0 Å². The number of anilines is 1. The minimum Gasteiger partial charge on any atom is -0.394 e. The summed E-state index contributed by atoms with van der Waals surface area (Å²) in [6, 6.07) is 8.21. The minimum atomic E-state index is -0.148. The number of nitrogens with zero attached hydrogens (tertiary/aromatic N) is 1. The van der Waals surface area contributed by atoms with Gasteiger partial charge in [-0.1, -0.05) is 15.9 Å². The van der Waals surface area contributed by atoms with E-state index >= 15 is 0 Å². The number of aliphatic hydroxyl groups excluding tert-OH is 1. The lowest BCUT2D eigenvalue weighted by Crippen LogP contribution is -2.64. The maximum absolute atomic E-state index is 9.88. The fourth-order valence-corrected chi connectivity index (χ4v) is 3.62. The van der Waals surface area contributed by atoms with E-state index in [0.29, 0.717) is 5.92 Å². The number of rotatable bonds is 3. The maximum Gasteiger partial charge on any atom is 0.0759 e. The fraction of sp³-hybridized carbons (Fsp3) is 0.571. The van der Waals surface area contributed by atoms with Gasteiger partial charge in [-0.05, 0) is 56.1 Å². The van der Waals surface area contributed by atoms with Gasteiger partial charge in [0, 0.05) is 16.7 Å². The Morgan fingerprint density at radius 1 is 1.28 bits per heavy atom. The highest BCUT2D eigenvalue weighted by molar-refractivity contribution is 9.10. The van der Waals surface area contributed by atoms with E-state index in [-0.39, 0.29) is 12.1 Å². The normalized spacial score (nSPS) is 34.6. The quantitative estimate of drug-likeness (QED) is 0.899. The van der Waals surface area contributed by atoms with Crippen LogP contribution in [-0.4, -0.2) is 41.8 Å². The number of halogens is 1. The molecule has 2 N–H and O–H groups in total. The van der Waals surface area contributed by atoms with Crippen LogP contribution in [0.25, 0.3) is 0 Å². The van der Waals surface area contributed by atoms with Gasteiger partial charge in [-0.15, -0.1) is 0 Å². The number of aliphatic hydroxyl groups is 1. The van der Waals surface area contributed by atoms with Gasteiger partial charge in [-0.25, -0.2) is 0 Å². The third-order valence-corrected chi connectivity index (χ3v) is 4.92. The van der Waals surface area contributed by atoms with Gasteiger partial charge < -0.3 is 15.3 Å². The van der Waals surface area contributed by atoms with Gasteiger partial charge in [-0.3, -0.25) is 0 Å². The van der Waals surface area contributed by atoms with Crippen molar-refractivity contribution >= 4 is 21.6 Å². The van der Waals surface area contributed by atoms with Gasteiger partial charge in [0.2, 0.25) is 0 Å². The largest absolute Gasteiger partial charge is 0.394 e. The zero-order valence-corrected chi connectivity index (χ0v) is 12.0. The average molecular weight is 311 g/mol. The molecule has 3 aliphatic rings. The van der Waals surface area contributed by atoms with Gasteiger partial charge in [-0.2, -0.15) is 0 Å². The maximum atomic E-state index is 9.88. The topological polar surface area (TPSA) is 35.5 Å². The first-order valence-corrected chi connectivity index (χ1v) is 7.38. The second kappa shape index (κ2) is 4.83. The number of benzene rings is 1. The van der Waals surface area contributed by atoms with Crippen molar-refractivity contribution in [3.05, 3.63) is 28.7 Å². The Bertz CT molecular complexity index is 414. The van der Waals surface area contributed by atoms with Crippen LogP contribution in [0.5, 0.6) is 0 Å². The molecule has 3 fully saturated rings. The lowest BCUT2D eigenvalue weighted by molar-refractivity contribution is 0.00918. The monoisotopic (exact) mass is 310 g/mol. The van der Waals surface area contributed by atoms with E-state index in [1.54, 1.807) is 0 Å². The first-order valence-electron chi connectivity index (χ1n) is 6.59. The highest BCUT2D eigenvalue weighted by Crippen LogP contribution is 2.37. The van der Waals surface area contributed by atoms with Crippen LogP contribution in [0, 0.1) is 5.92 Å². The Labute approximate surface area is 116 Å². The summed E-state index contributed by atoms with van der Waals surface area (Å²) in [5.41, 5.74) is 0.950. The van der Waals surface area contributed by atoms with Crippen molar-refractivity contribution in [1.82, 2.24) is 4.90 Å². The third kappa shape index (κ3) is 2.17. The molecule has 2 bridgehead atoms. The first kappa shape index (κ1) is 12.5. The highest BCUT2D eigenvalue weighted by atomic mass is 79.9. The van der Waals surface area contributed by atoms with Crippen molar-refractivity contribution in [2.24, 2.45) is 5.92 Å². The Morgan fingerprint density at radius 3 is 2.44 bits per heavy atom. The molecule has 18 heavy (non-hydrogen) atoms. The number of hydrogen-bond acceptors (Lipinski definition) is 3. The molecule has 0 saturated carbocycles. The Hall–Kier alpha value is -0.580. The molecule has 1 atom stereocenters. The van der Waals surface area contributed by atoms with Gasteiger partial charge in [0.1, 0.15) is 0 Å². The van der Waals surface area contributed by atoms with E-state index in [0.717, 1.165) is 16.7 Å². The third-order valence-electron chi connectivity index (χ3n) is 4.39. The summed E-state index contributed by atoms with van der Waals surface area (Å²) in [7, 11) is 0. The summed E-state index contributed by atoms with van der Waals surface area (Å²) >= 11 is 3.45. The molecule has 1 aromatic carbocycles. The Kier molecular flexibility index (Phi) is 3.34. The summed E-state index contributed by atoms with van der Waals surface area (Å²) < 4.78 is 1.08. The van der Waals surface area contributed by atoms with Crippen molar-refractivity contribution in [2.45, 2.75) is 18.4 Å². The van der Waals surface area contributed by atoms with Gasteiger partial charge in [0.15, 0.2) is 0 Å². The minimum absolute atomic E-state index is 0.148. The van der Waals surface area contributed by atoms with Crippen LogP contribution < -0.4 is 5.32 Å². The molecule has 0 amide bonds. The number of nitrogens with one attached hydrogen (secondary N) is 1. The molecule has 3 saturated heterocycles. The lowest BCUT2D eigenvalue weighted by Gasteiger charge is -2.53. The van der Waals surface area contributed by atoms with Gasteiger partial charge >= 0.3 is 0 Å². The molecule has 0 aromatic heterocycles. The number of hydrogen-bond donors (Lipinski definition) is 2. The second-order valence-electron chi connectivity index (χ2n) is 5.50. The molecule has 1 unspecified atom stereocenters. The van der Waals surface area contributed by atoms with E-state index in [2.05, 4.69) is 38.3 Å². The van der Waals surface area contributed by atoms with Crippen LogP contribution in [-0.2, 0) is 0 Å². The van der Waals surface area contributed by atoms with Gasteiger partial charge in [0.05, 0.1) is 12.1 Å². The summed E-state index contributed by atoms with van der Waals surface area (Å²) in [6.07, 6.45) is 2.40. The van der Waals surface area contributed by atoms with Crippen molar-refractivity contribution < 1.29 is 5.11 Å². The number of fused-ring (bicyclic) bond motifs is 3. The lowest BCUT2D eigenvalue weighted by atomic mass is 9.73. The van der Waals surface area contributed by atoms with Crippen LogP contribution >= 0.6 is 15.9 Å². The van der Waals surface area contributed by atoms with Crippen molar-refractivity contribution in [2.75, 3.05) is 31.6 Å². The van der Waals surface area contributed by atoms with Crippen molar-refractivity contribution in [3.8, 4) is 0 Å². The zero-order valence-electron chi connectivity index (χ0n) is 10.4. The van der Waals surface area contributed by atoms with E-state index in [9.17, 15) is 5.11 Å². The predicted molar refractivity (Wildman–Crippen MR) is 76.7 cm³/mol. The van der Waals surface area contributed by atoms with Crippen LogP contribution in [0.4, 0.5) is 5.69 Å². The Balaban J connectivity index is 1.82. The second-order valence-corrected chi connectivity index (χ2v) is 6.41. The molecule has 3 heterocycles. The molecule has 3 nitrogen and oxygen atoms in total. The molecule has 98 valence electrons. The van der Waals surface area contributed by atoms with Crippen molar-refractivity contribution in [3.63, 3.8) is 0 Å². The SMILES string of the molecule is OCC1(Nc2ccc(Br)cc2)CN2CCC1CC2. The van der Waals surface area contributed by atoms with E-state index in [1.807, 2.05) is 12.1 Å². The first-order chi connectivity index (χ1) is 8.72. The summed E-state index contributed by atoms with van der Waals surface area (Å²) in [6.45, 7) is 3.55. The average Bonchev–Trinajstić information content (AvgIpc) is 2.43. The molecule has 0 radical (unpaired) electrons. The molecule has 1 aromatic rings. The predicted octanol–water partition coefficient (Wildman–Crippen LogP) is 2.32. The highest BCUT2D eigenvalue weighted by Gasteiger charge is 2.46. The number of piperidine rings is 3. The fourth-order valence-electron chi connectivity index (χ4n) is 3.35. The van der Waals surface area contributed by atoms with Crippen LogP contribution in [0.1, 0.15) is 12.8 Å². The van der Waals surface area contributed by atoms with E-state index in [1.165, 1.54) is 25.9 Å². The van der Waals surface area contributed by atoms with Crippen LogP contribution in [0.2, 0.25) is 0 Å². The summed E-state index contributed by atoms with van der Waals surface area (Å²) in [5.74, 6) is 0.594.